The smallest absolute Gasteiger partial charge is 0.489 e. The Morgan fingerprint density at radius 1 is 1.14 bits per heavy atom. The molecule has 0 aliphatic rings. The number of alkyl halides is 6. The fraction of sp³-hybridized carbons (Fsp3) is 0.238. The highest BCUT2D eigenvalue weighted by atomic mass is 19.4. The monoisotopic (exact) mass is 500 g/mol. The van der Waals surface area contributed by atoms with Crippen LogP contribution in [0.25, 0.3) is 11.3 Å². The van der Waals surface area contributed by atoms with E-state index in [1.54, 1.807) is 0 Å². The van der Waals surface area contributed by atoms with Crippen LogP contribution in [0, 0.1) is 11.3 Å². The zero-order valence-corrected chi connectivity index (χ0v) is 17.6. The summed E-state index contributed by atoms with van der Waals surface area (Å²) in [7, 11) is 0. The van der Waals surface area contributed by atoms with Crippen LogP contribution in [-0.2, 0) is 23.7 Å². The molecule has 14 heteroatoms. The van der Waals surface area contributed by atoms with Gasteiger partial charge in [-0.1, -0.05) is 17.3 Å². The van der Waals surface area contributed by atoms with Crippen LogP contribution in [0.5, 0.6) is 5.75 Å². The van der Waals surface area contributed by atoms with Crippen molar-refractivity contribution >= 4 is 6.16 Å². The number of carboxylic acid groups (broad SMARTS) is 1. The normalized spacial score (nSPS) is 12.6. The highest BCUT2D eigenvalue weighted by Gasteiger charge is 2.37. The number of hydrogen-bond donors (Lipinski definition) is 1. The number of ether oxygens (including phenoxy) is 2. The maximum Gasteiger partial charge on any atom is 0.507 e. The van der Waals surface area contributed by atoms with Gasteiger partial charge in [0.15, 0.2) is 11.9 Å². The van der Waals surface area contributed by atoms with E-state index in [9.17, 15) is 36.4 Å². The molecule has 2 aromatic carbocycles. The summed E-state index contributed by atoms with van der Waals surface area (Å²) in [4.78, 5) is 10.7. The van der Waals surface area contributed by atoms with Crippen molar-refractivity contribution in [2.24, 2.45) is 0 Å². The minimum Gasteiger partial charge on any atom is -0.489 e. The van der Waals surface area contributed by atoms with E-state index in [0.717, 1.165) is 4.68 Å². The number of nitrogens with zero attached hydrogens (tertiary/aromatic N) is 4. The van der Waals surface area contributed by atoms with Crippen molar-refractivity contribution in [2.45, 2.75) is 32.1 Å². The first-order valence-corrected chi connectivity index (χ1v) is 9.56. The molecule has 0 aliphatic heterocycles. The Balaban J connectivity index is 1.90. The third-order valence-electron chi connectivity index (χ3n) is 4.66. The molecule has 0 fully saturated rings. The van der Waals surface area contributed by atoms with Gasteiger partial charge in [0, 0.05) is 11.1 Å². The Morgan fingerprint density at radius 2 is 1.86 bits per heavy atom. The van der Waals surface area contributed by atoms with E-state index in [4.69, 9.17) is 9.84 Å². The average Bonchev–Trinajstić information content (AvgIpc) is 3.20. The fourth-order valence-electron chi connectivity index (χ4n) is 3.10. The molecule has 0 saturated heterocycles. The third kappa shape index (κ3) is 5.81. The number of hydrogen-bond acceptors (Lipinski definition) is 6. The Kier molecular flexibility index (Phi) is 6.90. The van der Waals surface area contributed by atoms with Gasteiger partial charge in [-0.25, -0.2) is 4.79 Å². The topological polar surface area (TPSA) is 110 Å². The van der Waals surface area contributed by atoms with Gasteiger partial charge >= 0.3 is 18.5 Å². The van der Waals surface area contributed by atoms with Crippen LogP contribution >= 0.6 is 0 Å². The van der Waals surface area contributed by atoms with Crippen LogP contribution in [0.3, 0.4) is 0 Å². The van der Waals surface area contributed by atoms with Crippen molar-refractivity contribution in [3.63, 3.8) is 0 Å². The second kappa shape index (κ2) is 9.53. The zero-order chi connectivity index (χ0) is 26.0. The quantitative estimate of drug-likeness (QED) is 0.344. The Morgan fingerprint density at radius 3 is 2.46 bits per heavy atom. The summed E-state index contributed by atoms with van der Waals surface area (Å²) in [6.45, 7) is 0.476. The number of carbonyl (C=O) groups is 1. The van der Waals surface area contributed by atoms with Crippen molar-refractivity contribution in [1.29, 1.82) is 5.26 Å². The van der Waals surface area contributed by atoms with Crippen molar-refractivity contribution < 1.29 is 45.7 Å². The minimum atomic E-state index is -4.90. The van der Waals surface area contributed by atoms with Gasteiger partial charge in [0.05, 0.1) is 11.1 Å². The predicted octanol–water partition coefficient (Wildman–Crippen LogP) is 5.65. The summed E-state index contributed by atoms with van der Waals surface area (Å²) >= 11 is 0. The van der Waals surface area contributed by atoms with E-state index in [2.05, 4.69) is 15.0 Å². The van der Waals surface area contributed by atoms with Crippen LogP contribution in [-0.4, -0.2) is 26.3 Å². The van der Waals surface area contributed by atoms with Gasteiger partial charge in [-0.2, -0.15) is 36.3 Å². The van der Waals surface area contributed by atoms with Crippen molar-refractivity contribution in [3.8, 4) is 23.1 Å². The van der Waals surface area contributed by atoms with Gasteiger partial charge in [-0.3, -0.25) is 0 Å². The van der Waals surface area contributed by atoms with Crippen LogP contribution in [0.1, 0.15) is 35.5 Å². The lowest BCUT2D eigenvalue weighted by Crippen LogP contribution is -2.16. The number of nitriles is 1. The molecular weight excluding hydrogens is 486 g/mol. The summed E-state index contributed by atoms with van der Waals surface area (Å²) in [5.41, 5.74) is -3.20. The third-order valence-corrected chi connectivity index (χ3v) is 4.66. The lowest BCUT2D eigenvalue weighted by atomic mass is 10.0. The van der Waals surface area contributed by atoms with Crippen LogP contribution in [0.2, 0.25) is 0 Å². The first-order valence-electron chi connectivity index (χ1n) is 9.56. The molecule has 35 heavy (non-hydrogen) atoms. The number of halogens is 6. The molecule has 1 unspecified atom stereocenters. The summed E-state index contributed by atoms with van der Waals surface area (Å²) in [5.74, 6) is -0.0266. The molecule has 0 spiro atoms. The summed E-state index contributed by atoms with van der Waals surface area (Å²) in [6, 6.07) is 8.39. The number of benzene rings is 2. The molecule has 1 heterocycles. The van der Waals surface area contributed by atoms with Crippen molar-refractivity contribution in [2.75, 3.05) is 0 Å². The van der Waals surface area contributed by atoms with Crippen molar-refractivity contribution in [3.05, 3.63) is 64.8 Å². The maximum atomic E-state index is 13.3. The lowest BCUT2D eigenvalue weighted by Gasteiger charge is -2.16. The summed E-state index contributed by atoms with van der Waals surface area (Å²) in [6.07, 6.45) is -12.6. The van der Waals surface area contributed by atoms with E-state index in [1.165, 1.54) is 31.2 Å². The van der Waals surface area contributed by atoms with E-state index < -0.39 is 48.0 Å². The molecule has 3 aromatic rings. The van der Waals surface area contributed by atoms with Crippen LogP contribution < -0.4 is 4.74 Å². The Hall–Kier alpha value is -4.28. The Labute approximate surface area is 192 Å². The minimum absolute atomic E-state index is 0.00571. The van der Waals surface area contributed by atoms with Gasteiger partial charge in [0.25, 0.3) is 0 Å². The molecule has 3 rings (SSSR count). The zero-order valence-electron chi connectivity index (χ0n) is 17.6. The molecule has 184 valence electrons. The summed E-state index contributed by atoms with van der Waals surface area (Å²) in [5, 5.41) is 25.7. The molecule has 1 atom stereocenters. The first kappa shape index (κ1) is 25.3. The van der Waals surface area contributed by atoms with E-state index in [-0.39, 0.29) is 22.7 Å². The molecule has 0 bridgehead atoms. The fourth-order valence-corrected chi connectivity index (χ4v) is 3.10. The maximum absolute atomic E-state index is 13.3. The van der Waals surface area contributed by atoms with Gasteiger partial charge < -0.3 is 14.6 Å². The van der Waals surface area contributed by atoms with Gasteiger partial charge in [0.2, 0.25) is 0 Å². The molecule has 0 saturated carbocycles. The lowest BCUT2D eigenvalue weighted by molar-refractivity contribution is -0.142. The van der Waals surface area contributed by atoms with Gasteiger partial charge in [0.1, 0.15) is 24.1 Å². The number of rotatable bonds is 6. The second-order valence-corrected chi connectivity index (χ2v) is 7.01. The molecule has 8 nitrogen and oxygen atoms in total. The van der Waals surface area contributed by atoms with E-state index in [0.29, 0.717) is 18.2 Å². The standard InChI is InChI=1S/C21H14F6N4O4/c1-11(35-19(32)33)31-17(9-28)18(29-30-31)12-3-2-4-15(8-12)34-10-13-7-14(20(22,23)24)5-6-16(13)21(25,26)27/h2-8,11H,10H2,1H3,(H,32,33). The molecule has 0 amide bonds. The molecule has 1 N–H and O–H groups in total. The van der Waals surface area contributed by atoms with Crippen LogP contribution in [0.15, 0.2) is 42.5 Å². The Bertz CT molecular complexity index is 1280. The highest BCUT2D eigenvalue weighted by molar-refractivity contribution is 5.66. The van der Waals surface area contributed by atoms with Crippen LogP contribution in [0.4, 0.5) is 31.1 Å². The summed E-state index contributed by atoms with van der Waals surface area (Å²) < 4.78 is 89.6. The molecule has 1 aromatic heterocycles. The van der Waals surface area contributed by atoms with Gasteiger partial charge in [-0.15, -0.1) is 5.10 Å². The second-order valence-electron chi connectivity index (χ2n) is 7.01. The SMILES string of the molecule is CC(OC(=O)O)n1nnc(-c2cccc(OCc3cc(C(F)(F)F)ccc3C(F)(F)F)c2)c1C#N. The average molecular weight is 500 g/mol. The van der Waals surface area contributed by atoms with E-state index >= 15 is 0 Å². The number of aromatic nitrogens is 3. The highest BCUT2D eigenvalue weighted by Crippen LogP contribution is 2.37. The molecule has 0 aliphatic carbocycles. The largest absolute Gasteiger partial charge is 0.507 e. The van der Waals surface area contributed by atoms with E-state index in [1.807, 2.05) is 6.07 Å². The first-order chi connectivity index (χ1) is 16.3. The molecule has 0 radical (unpaired) electrons. The molecular formula is C21H14F6N4O4. The van der Waals surface area contributed by atoms with Crippen molar-refractivity contribution in [1.82, 2.24) is 15.0 Å². The predicted molar refractivity (Wildman–Crippen MR) is 105 cm³/mol. The van der Waals surface area contributed by atoms with Gasteiger partial charge in [-0.05, 0) is 37.3 Å².